The second kappa shape index (κ2) is 3.61. The minimum Gasteiger partial charge on any atom is -0.359 e. The topological polar surface area (TPSA) is 45.4 Å². The number of Topliss-reactive ketones (excluding diaryl/α,β-unsaturated/α-hetero) is 1. The molecule has 2 aromatic rings. The van der Waals surface area contributed by atoms with Gasteiger partial charge in [0.25, 0.3) is 0 Å². The lowest BCUT2D eigenvalue weighted by molar-refractivity contribution is 0.0949. The van der Waals surface area contributed by atoms with Crippen molar-refractivity contribution in [2.45, 2.75) is 12.2 Å². The number of carbonyl (C=O) groups is 1. The Bertz CT molecular complexity index is 490. The number of ether oxygens (including phenoxy) is 1. The van der Waals surface area contributed by atoms with Crippen molar-refractivity contribution in [2.75, 3.05) is 0 Å². The molecule has 0 spiro atoms. The van der Waals surface area contributed by atoms with Crippen LogP contribution in [0.1, 0.15) is 22.2 Å². The summed E-state index contributed by atoms with van der Waals surface area (Å²) in [4.78, 5) is 14.8. The molecule has 1 N–H and O–H groups in total. The van der Waals surface area contributed by atoms with E-state index in [0.717, 1.165) is 5.56 Å². The zero-order valence-electron chi connectivity index (χ0n) is 8.59. The molecule has 80 valence electrons. The van der Waals surface area contributed by atoms with Crippen LogP contribution >= 0.6 is 0 Å². The lowest BCUT2D eigenvalue weighted by atomic mass is 10.1. The molecule has 1 aromatic carbocycles. The molecule has 3 heteroatoms. The zero-order chi connectivity index (χ0) is 11.0. The van der Waals surface area contributed by atoms with E-state index in [2.05, 4.69) is 4.98 Å². The molecule has 16 heavy (non-hydrogen) atoms. The molecule has 0 amide bonds. The summed E-state index contributed by atoms with van der Waals surface area (Å²) >= 11 is 0. The number of ketones is 1. The van der Waals surface area contributed by atoms with E-state index in [0.29, 0.717) is 5.69 Å². The zero-order valence-corrected chi connectivity index (χ0v) is 8.59. The minimum atomic E-state index is -0.318. The maximum Gasteiger partial charge on any atom is 0.210 e. The highest BCUT2D eigenvalue weighted by molar-refractivity contribution is 5.99. The Morgan fingerprint density at radius 2 is 1.94 bits per heavy atom. The smallest absolute Gasteiger partial charge is 0.210 e. The fourth-order valence-electron chi connectivity index (χ4n) is 1.84. The van der Waals surface area contributed by atoms with E-state index >= 15 is 0 Å². The van der Waals surface area contributed by atoms with Crippen LogP contribution in [0.4, 0.5) is 0 Å². The number of rotatable bonds is 3. The second-order valence-electron chi connectivity index (χ2n) is 3.84. The summed E-state index contributed by atoms with van der Waals surface area (Å²) in [6.07, 6.45) is 1.35. The number of epoxide rings is 1. The predicted octanol–water partition coefficient (Wildman–Crippen LogP) is 2.34. The van der Waals surface area contributed by atoms with Gasteiger partial charge in [-0.1, -0.05) is 30.3 Å². The summed E-state index contributed by atoms with van der Waals surface area (Å²) < 4.78 is 5.42. The average molecular weight is 213 g/mol. The second-order valence-corrected chi connectivity index (χ2v) is 3.84. The molecule has 0 radical (unpaired) electrons. The normalized spacial score (nSPS) is 23.0. The van der Waals surface area contributed by atoms with Crippen LogP contribution in [-0.4, -0.2) is 16.9 Å². The Balaban J connectivity index is 1.75. The fraction of sp³-hybridized carbons (Fsp3) is 0.154. The van der Waals surface area contributed by atoms with Crippen molar-refractivity contribution in [1.82, 2.24) is 4.98 Å². The predicted molar refractivity (Wildman–Crippen MR) is 59.2 cm³/mol. The van der Waals surface area contributed by atoms with Gasteiger partial charge in [0.1, 0.15) is 6.10 Å². The molecular weight excluding hydrogens is 202 g/mol. The molecule has 0 aliphatic carbocycles. The molecule has 1 aliphatic rings. The first-order chi connectivity index (χ1) is 7.86. The van der Waals surface area contributed by atoms with Gasteiger partial charge < -0.3 is 9.72 Å². The summed E-state index contributed by atoms with van der Waals surface area (Å²) in [6, 6.07) is 13.4. The van der Waals surface area contributed by atoms with E-state index < -0.39 is 0 Å². The Kier molecular flexibility index (Phi) is 2.11. The number of aromatic amines is 1. The molecule has 3 rings (SSSR count). The van der Waals surface area contributed by atoms with Gasteiger partial charge in [-0.2, -0.15) is 0 Å². The molecule has 1 fully saturated rings. The van der Waals surface area contributed by atoms with Crippen LogP contribution in [-0.2, 0) is 4.74 Å². The first-order valence-corrected chi connectivity index (χ1v) is 5.24. The van der Waals surface area contributed by atoms with Crippen molar-refractivity contribution in [2.24, 2.45) is 0 Å². The van der Waals surface area contributed by atoms with Gasteiger partial charge in [-0.05, 0) is 17.7 Å². The monoisotopic (exact) mass is 213 g/mol. The number of benzene rings is 1. The Morgan fingerprint density at radius 1 is 1.12 bits per heavy atom. The van der Waals surface area contributed by atoms with Gasteiger partial charge in [-0.25, -0.2) is 0 Å². The van der Waals surface area contributed by atoms with Crippen LogP contribution in [0.2, 0.25) is 0 Å². The van der Waals surface area contributed by atoms with Crippen molar-refractivity contribution in [3.8, 4) is 0 Å². The maximum absolute atomic E-state index is 11.9. The van der Waals surface area contributed by atoms with Crippen LogP contribution in [0.3, 0.4) is 0 Å². The summed E-state index contributed by atoms with van der Waals surface area (Å²) in [5.41, 5.74) is 1.68. The highest BCUT2D eigenvalue weighted by atomic mass is 16.6. The van der Waals surface area contributed by atoms with Crippen LogP contribution in [0, 0.1) is 0 Å². The fourth-order valence-corrected chi connectivity index (χ4v) is 1.84. The highest BCUT2D eigenvalue weighted by Gasteiger charge is 2.46. The third kappa shape index (κ3) is 1.55. The summed E-state index contributed by atoms with van der Waals surface area (Å²) in [7, 11) is 0. The molecule has 1 saturated heterocycles. The van der Waals surface area contributed by atoms with Gasteiger partial charge in [0.05, 0.1) is 5.69 Å². The number of H-pyrrole nitrogens is 1. The Morgan fingerprint density at radius 3 is 2.62 bits per heavy atom. The Labute approximate surface area is 93.1 Å². The number of aromatic nitrogens is 1. The van der Waals surface area contributed by atoms with Crippen molar-refractivity contribution in [3.05, 3.63) is 59.9 Å². The molecule has 3 nitrogen and oxygen atoms in total. The summed E-state index contributed by atoms with van der Waals surface area (Å²) in [5, 5.41) is 0. The van der Waals surface area contributed by atoms with Crippen LogP contribution in [0.5, 0.6) is 0 Å². The van der Waals surface area contributed by atoms with Crippen molar-refractivity contribution >= 4 is 5.78 Å². The Hall–Kier alpha value is -1.87. The lowest BCUT2D eigenvalue weighted by Crippen LogP contribution is -2.08. The van der Waals surface area contributed by atoms with Gasteiger partial charge in [0.2, 0.25) is 5.78 Å². The van der Waals surface area contributed by atoms with E-state index in [1.165, 1.54) is 0 Å². The molecule has 2 heterocycles. The van der Waals surface area contributed by atoms with E-state index in [4.69, 9.17) is 4.74 Å². The highest BCUT2D eigenvalue weighted by Crippen LogP contribution is 2.40. The van der Waals surface area contributed by atoms with Gasteiger partial charge >= 0.3 is 0 Å². The summed E-state index contributed by atoms with van der Waals surface area (Å²) in [6.45, 7) is 0. The minimum absolute atomic E-state index is 0.0267. The number of hydrogen-bond acceptors (Lipinski definition) is 2. The van der Waals surface area contributed by atoms with Crippen LogP contribution in [0.15, 0.2) is 48.7 Å². The molecule has 1 aliphatic heterocycles. The van der Waals surface area contributed by atoms with Crippen molar-refractivity contribution in [1.29, 1.82) is 0 Å². The molecule has 0 bridgehead atoms. The van der Waals surface area contributed by atoms with Gasteiger partial charge in [0, 0.05) is 6.20 Å². The number of carbonyl (C=O) groups excluding carboxylic acids is 1. The molecule has 0 saturated carbocycles. The van der Waals surface area contributed by atoms with Crippen LogP contribution in [0.25, 0.3) is 0 Å². The lowest BCUT2D eigenvalue weighted by Gasteiger charge is -1.94. The van der Waals surface area contributed by atoms with E-state index in [9.17, 15) is 4.79 Å². The first kappa shape index (κ1) is 9.36. The largest absolute Gasteiger partial charge is 0.359 e. The van der Waals surface area contributed by atoms with E-state index in [-0.39, 0.29) is 18.0 Å². The van der Waals surface area contributed by atoms with Gasteiger partial charge in [0.15, 0.2) is 6.10 Å². The average Bonchev–Trinajstić information content (AvgIpc) is 2.95. The van der Waals surface area contributed by atoms with Crippen LogP contribution < -0.4 is 0 Å². The standard InChI is InChI=1S/C13H11NO2/c15-11(10-7-4-8-14-10)13-12(16-13)9-5-2-1-3-6-9/h1-8,12-14H/t12-,13-/m1/s1. The summed E-state index contributed by atoms with van der Waals surface area (Å²) in [5.74, 6) is 0.0267. The molecular formula is C13H11NO2. The van der Waals surface area contributed by atoms with Crippen molar-refractivity contribution in [3.63, 3.8) is 0 Å². The number of nitrogens with one attached hydrogen (secondary N) is 1. The SMILES string of the molecule is O=C(c1ccc[nH]1)[C@H]1O[C@@H]1c1ccccc1. The quantitative estimate of drug-likeness (QED) is 0.628. The number of hydrogen-bond donors (Lipinski definition) is 1. The van der Waals surface area contributed by atoms with Crippen molar-refractivity contribution < 1.29 is 9.53 Å². The van der Waals surface area contributed by atoms with E-state index in [1.807, 2.05) is 36.4 Å². The van der Waals surface area contributed by atoms with E-state index in [1.54, 1.807) is 12.3 Å². The van der Waals surface area contributed by atoms with Gasteiger partial charge in [-0.15, -0.1) is 0 Å². The molecule has 1 aromatic heterocycles. The first-order valence-electron chi connectivity index (χ1n) is 5.24. The maximum atomic E-state index is 11.9. The molecule has 2 atom stereocenters. The third-order valence-electron chi connectivity index (χ3n) is 2.74. The molecule has 0 unspecified atom stereocenters. The third-order valence-corrected chi connectivity index (χ3v) is 2.74. The van der Waals surface area contributed by atoms with Gasteiger partial charge in [-0.3, -0.25) is 4.79 Å².